The second-order valence-electron chi connectivity index (χ2n) is 6.39. The molecule has 0 aliphatic carbocycles. The second kappa shape index (κ2) is 8.17. The molecule has 0 spiro atoms. The van der Waals surface area contributed by atoms with Gasteiger partial charge in [0.1, 0.15) is 5.75 Å². The number of hydrogen-bond acceptors (Lipinski definition) is 7. The summed E-state index contributed by atoms with van der Waals surface area (Å²) < 4.78 is 15.8. The van der Waals surface area contributed by atoms with Crippen molar-refractivity contribution in [3.63, 3.8) is 0 Å². The van der Waals surface area contributed by atoms with Crippen LogP contribution in [0, 0.1) is 12.3 Å². The number of para-hydroxylation sites is 1. The van der Waals surface area contributed by atoms with E-state index in [0.717, 1.165) is 0 Å². The van der Waals surface area contributed by atoms with E-state index in [4.69, 9.17) is 14.0 Å². The van der Waals surface area contributed by atoms with Crippen molar-refractivity contribution >= 4 is 11.9 Å². The zero-order valence-corrected chi connectivity index (χ0v) is 14.9. The molecule has 2 aromatic rings. The smallest absolute Gasteiger partial charge is 0.311 e. The van der Waals surface area contributed by atoms with Gasteiger partial charge >= 0.3 is 5.97 Å². The van der Waals surface area contributed by atoms with Gasteiger partial charge in [-0.15, -0.1) is 0 Å². The molecule has 1 aromatic heterocycles. The minimum absolute atomic E-state index is 0.0307. The summed E-state index contributed by atoms with van der Waals surface area (Å²) in [5.74, 6) is -0.177. The first-order valence-corrected chi connectivity index (χ1v) is 8.60. The molecule has 1 saturated heterocycles. The van der Waals surface area contributed by atoms with Crippen molar-refractivity contribution in [3.05, 3.63) is 41.5 Å². The van der Waals surface area contributed by atoms with Crippen LogP contribution < -0.4 is 10.1 Å². The lowest BCUT2D eigenvalue weighted by Gasteiger charge is -2.33. The summed E-state index contributed by atoms with van der Waals surface area (Å²) in [4.78, 5) is 28.4. The van der Waals surface area contributed by atoms with E-state index in [0.29, 0.717) is 49.1 Å². The number of aryl methyl sites for hydroxylation is 1. The quantitative estimate of drug-likeness (QED) is 0.747. The first-order valence-electron chi connectivity index (χ1n) is 8.60. The highest BCUT2D eigenvalue weighted by molar-refractivity contribution is 5.97. The molecular weight excluding hydrogens is 354 g/mol. The maximum absolute atomic E-state index is 12.6. The fraction of sp³-hybridized carbons (Fsp3) is 0.444. The first-order chi connectivity index (χ1) is 13.0. The highest BCUT2D eigenvalue weighted by Crippen LogP contribution is 2.30. The Labute approximate surface area is 155 Å². The molecule has 1 aliphatic rings. The molecule has 3 rings (SSSR count). The van der Waals surface area contributed by atoms with Gasteiger partial charge in [-0.2, -0.15) is 4.98 Å². The van der Waals surface area contributed by atoms with Crippen molar-refractivity contribution < 1.29 is 28.7 Å². The number of carbonyl (C=O) groups is 2. The number of carboxylic acids is 1. The maximum Gasteiger partial charge on any atom is 0.311 e. The molecule has 9 nitrogen and oxygen atoms in total. The van der Waals surface area contributed by atoms with E-state index in [9.17, 15) is 14.7 Å². The molecule has 9 heteroatoms. The van der Waals surface area contributed by atoms with Crippen LogP contribution in [-0.2, 0) is 16.1 Å². The summed E-state index contributed by atoms with van der Waals surface area (Å²) >= 11 is 0. The molecule has 0 atom stereocenters. The van der Waals surface area contributed by atoms with Crippen molar-refractivity contribution in [1.29, 1.82) is 0 Å². The summed E-state index contributed by atoms with van der Waals surface area (Å²) in [6.45, 7) is 2.49. The van der Waals surface area contributed by atoms with Crippen molar-refractivity contribution in [2.75, 3.05) is 19.8 Å². The fourth-order valence-corrected chi connectivity index (χ4v) is 2.90. The minimum atomic E-state index is -1.01. The number of benzene rings is 1. The topological polar surface area (TPSA) is 124 Å². The van der Waals surface area contributed by atoms with Crippen molar-refractivity contribution in [2.24, 2.45) is 5.41 Å². The number of aromatic nitrogens is 2. The molecular formula is C18H21N3O6. The van der Waals surface area contributed by atoms with Crippen LogP contribution in [-0.4, -0.2) is 46.9 Å². The van der Waals surface area contributed by atoms with E-state index in [-0.39, 0.29) is 13.2 Å². The van der Waals surface area contributed by atoms with Gasteiger partial charge in [-0.25, -0.2) is 0 Å². The van der Waals surface area contributed by atoms with E-state index in [1.165, 1.54) is 0 Å². The number of nitrogens with zero attached hydrogens (tertiary/aromatic N) is 2. The zero-order valence-electron chi connectivity index (χ0n) is 14.9. The Balaban J connectivity index is 1.66. The van der Waals surface area contributed by atoms with Gasteiger partial charge in [0.05, 0.1) is 11.0 Å². The number of rotatable bonds is 7. The third kappa shape index (κ3) is 4.43. The summed E-state index contributed by atoms with van der Waals surface area (Å²) in [5, 5.41) is 16.1. The van der Waals surface area contributed by atoms with Crippen LogP contribution in [0.1, 0.15) is 34.9 Å². The summed E-state index contributed by atoms with van der Waals surface area (Å²) in [7, 11) is 0. The molecule has 1 aliphatic heterocycles. The lowest BCUT2D eigenvalue weighted by Crippen LogP contribution is -2.46. The standard InChI is InChI=1S/C18H21N3O6/c1-12-20-15(21-27-12)10-26-14-5-3-2-4-13(14)16(22)19-11-18(17(23)24)6-8-25-9-7-18/h2-5H,6-11H2,1H3,(H,19,22)(H,23,24). The van der Waals surface area contributed by atoms with Gasteiger partial charge in [0.25, 0.3) is 5.91 Å². The van der Waals surface area contributed by atoms with Crippen LogP contribution in [0.4, 0.5) is 0 Å². The Morgan fingerprint density at radius 1 is 1.30 bits per heavy atom. The molecule has 2 N–H and O–H groups in total. The third-order valence-electron chi connectivity index (χ3n) is 4.55. The number of carbonyl (C=O) groups excluding carboxylic acids is 1. The highest BCUT2D eigenvalue weighted by atomic mass is 16.5. The van der Waals surface area contributed by atoms with Crippen LogP contribution in [0.5, 0.6) is 5.75 Å². The van der Waals surface area contributed by atoms with Crippen LogP contribution in [0.15, 0.2) is 28.8 Å². The summed E-state index contributed by atoms with van der Waals surface area (Å²) in [5.41, 5.74) is -0.698. The summed E-state index contributed by atoms with van der Waals surface area (Å²) in [6, 6.07) is 6.72. The van der Waals surface area contributed by atoms with Crippen LogP contribution in [0.25, 0.3) is 0 Å². The molecule has 1 fully saturated rings. The summed E-state index contributed by atoms with van der Waals surface area (Å²) in [6.07, 6.45) is 0.718. The Morgan fingerprint density at radius 2 is 2.04 bits per heavy atom. The number of amides is 1. The van der Waals surface area contributed by atoms with Gasteiger partial charge in [-0.3, -0.25) is 9.59 Å². The van der Waals surface area contributed by atoms with Crippen LogP contribution in [0.3, 0.4) is 0 Å². The minimum Gasteiger partial charge on any atom is -0.485 e. The lowest BCUT2D eigenvalue weighted by molar-refractivity contribution is -0.154. The van der Waals surface area contributed by atoms with Crippen LogP contribution >= 0.6 is 0 Å². The Morgan fingerprint density at radius 3 is 2.70 bits per heavy atom. The van der Waals surface area contributed by atoms with Gasteiger partial charge in [-0.05, 0) is 25.0 Å². The van der Waals surface area contributed by atoms with Gasteiger partial charge in [-0.1, -0.05) is 17.3 Å². The predicted molar refractivity (Wildman–Crippen MR) is 92.3 cm³/mol. The van der Waals surface area contributed by atoms with Gasteiger partial charge in [0, 0.05) is 26.7 Å². The van der Waals surface area contributed by atoms with Gasteiger partial charge in [0.2, 0.25) is 11.7 Å². The first kappa shape index (κ1) is 18.8. The van der Waals surface area contributed by atoms with Crippen molar-refractivity contribution in [3.8, 4) is 5.75 Å². The molecule has 144 valence electrons. The fourth-order valence-electron chi connectivity index (χ4n) is 2.90. The van der Waals surface area contributed by atoms with Crippen molar-refractivity contribution in [1.82, 2.24) is 15.5 Å². The molecule has 1 aromatic carbocycles. The number of carboxylic acid groups (broad SMARTS) is 1. The van der Waals surface area contributed by atoms with Crippen LogP contribution in [0.2, 0.25) is 0 Å². The zero-order chi connectivity index (χ0) is 19.3. The Bertz CT molecular complexity index is 813. The largest absolute Gasteiger partial charge is 0.485 e. The molecule has 0 radical (unpaired) electrons. The number of ether oxygens (including phenoxy) is 2. The second-order valence-corrected chi connectivity index (χ2v) is 6.39. The third-order valence-corrected chi connectivity index (χ3v) is 4.55. The number of aliphatic carboxylic acids is 1. The van der Waals surface area contributed by atoms with E-state index in [1.54, 1.807) is 31.2 Å². The molecule has 1 amide bonds. The molecule has 0 unspecified atom stereocenters. The average molecular weight is 375 g/mol. The monoisotopic (exact) mass is 375 g/mol. The highest BCUT2D eigenvalue weighted by Gasteiger charge is 2.40. The molecule has 27 heavy (non-hydrogen) atoms. The normalized spacial score (nSPS) is 15.9. The maximum atomic E-state index is 12.6. The number of nitrogens with one attached hydrogen (secondary N) is 1. The average Bonchev–Trinajstić information content (AvgIpc) is 3.10. The van der Waals surface area contributed by atoms with Crippen molar-refractivity contribution in [2.45, 2.75) is 26.4 Å². The van der Waals surface area contributed by atoms with E-state index in [2.05, 4.69) is 15.5 Å². The molecule has 2 heterocycles. The SMILES string of the molecule is Cc1nc(COc2ccccc2C(=O)NCC2(C(=O)O)CCOCC2)no1. The number of hydrogen-bond donors (Lipinski definition) is 2. The lowest BCUT2D eigenvalue weighted by atomic mass is 9.80. The predicted octanol–water partition coefficient (Wildman–Crippen LogP) is 1.57. The van der Waals surface area contributed by atoms with Gasteiger partial charge in [0.15, 0.2) is 6.61 Å². The Hall–Kier alpha value is -2.94. The van der Waals surface area contributed by atoms with Gasteiger partial charge < -0.3 is 24.4 Å². The van der Waals surface area contributed by atoms with E-state index >= 15 is 0 Å². The van der Waals surface area contributed by atoms with E-state index < -0.39 is 17.3 Å². The molecule has 0 bridgehead atoms. The Kier molecular flexibility index (Phi) is 5.70. The van der Waals surface area contributed by atoms with E-state index in [1.807, 2.05) is 0 Å². The molecule has 0 saturated carbocycles.